The van der Waals surface area contributed by atoms with Gasteiger partial charge in [-0.1, -0.05) is 20.3 Å². The van der Waals surface area contributed by atoms with Crippen LogP contribution < -0.4 is 5.73 Å². The summed E-state index contributed by atoms with van der Waals surface area (Å²) in [5, 5.41) is 0. The second-order valence-corrected chi connectivity index (χ2v) is 4.75. The zero-order valence-corrected chi connectivity index (χ0v) is 12.2. The molecule has 0 fully saturated rings. The summed E-state index contributed by atoms with van der Waals surface area (Å²) in [6.45, 7) is 3.45. The molecule has 1 rings (SSSR count). The van der Waals surface area contributed by atoms with Crippen molar-refractivity contribution in [2.75, 3.05) is 0 Å². The third-order valence-corrected chi connectivity index (χ3v) is 3.25. The molecule has 2 atom stereocenters. The fourth-order valence-electron chi connectivity index (χ4n) is 1.75. The molecule has 0 heterocycles. The van der Waals surface area contributed by atoms with Gasteiger partial charge in [0.05, 0.1) is 11.1 Å². The van der Waals surface area contributed by atoms with Crippen LogP contribution in [0, 0.1) is 5.92 Å². The van der Waals surface area contributed by atoms with Crippen LogP contribution in [0.1, 0.15) is 43.0 Å². The fourth-order valence-corrected chi connectivity index (χ4v) is 1.75. The van der Waals surface area contributed by atoms with Gasteiger partial charge in [-0.3, -0.25) is 0 Å². The Hall–Kier alpha value is -0.950. The molecule has 0 aliphatic carbocycles. The van der Waals surface area contributed by atoms with Crippen molar-refractivity contribution in [3.63, 3.8) is 0 Å². The van der Waals surface area contributed by atoms with Crippen LogP contribution in [0.25, 0.3) is 0 Å². The van der Waals surface area contributed by atoms with Crippen LogP contribution >= 0.6 is 12.4 Å². The van der Waals surface area contributed by atoms with Gasteiger partial charge in [0.2, 0.25) is 0 Å². The Kier molecular flexibility index (Phi) is 6.56. The van der Waals surface area contributed by atoms with Crippen LogP contribution in [-0.2, 0) is 12.4 Å². The van der Waals surface area contributed by atoms with Gasteiger partial charge in [-0.25, -0.2) is 0 Å². The monoisotopic (exact) mass is 335 g/mol. The topological polar surface area (TPSA) is 26.0 Å². The van der Waals surface area contributed by atoms with Gasteiger partial charge in [0.15, 0.2) is 0 Å². The highest BCUT2D eigenvalue weighted by molar-refractivity contribution is 5.85. The van der Waals surface area contributed by atoms with Crippen molar-refractivity contribution in [2.45, 2.75) is 38.7 Å². The van der Waals surface area contributed by atoms with Crippen molar-refractivity contribution in [1.29, 1.82) is 0 Å². The Morgan fingerprint density at radius 2 is 1.33 bits per heavy atom. The van der Waals surface area contributed by atoms with E-state index in [9.17, 15) is 26.3 Å². The molecular weight excluding hydrogens is 320 g/mol. The van der Waals surface area contributed by atoms with Gasteiger partial charge >= 0.3 is 12.4 Å². The Labute approximate surface area is 124 Å². The molecule has 0 aliphatic heterocycles. The predicted octanol–water partition coefficient (Wildman–Crippen LogP) is 5.19. The van der Waals surface area contributed by atoms with Gasteiger partial charge in [-0.2, -0.15) is 26.3 Å². The first-order valence-electron chi connectivity index (χ1n) is 6.01. The summed E-state index contributed by atoms with van der Waals surface area (Å²) in [5.74, 6) is -0.223. The maximum atomic E-state index is 12.7. The SMILES string of the molecule is CCC(C)[C@H](N)c1cc(C(F)(F)F)cc(C(F)(F)F)c1.Cl. The first-order valence-corrected chi connectivity index (χ1v) is 6.01. The van der Waals surface area contributed by atoms with E-state index >= 15 is 0 Å². The highest BCUT2D eigenvalue weighted by Gasteiger charge is 2.37. The maximum absolute atomic E-state index is 12.7. The standard InChI is InChI=1S/C13H15F6N.ClH/c1-3-7(2)11(20)8-4-9(12(14,15)16)6-10(5-8)13(17,18)19;/h4-7,11H,3,20H2,1-2H3;1H/t7?,11-;/m0./s1. The lowest BCUT2D eigenvalue weighted by Crippen LogP contribution is -2.21. The average Bonchev–Trinajstić information content (AvgIpc) is 2.34. The Morgan fingerprint density at radius 3 is 1.62 bits per heavy atom. The maximum Gasteiger partial charge on any atom is 0.416 e. The van der Waals surface area contributed by atoms with E-state index in [0.29, 0.717) is 18.6 Å². The molecule has 0 spiro atoms. The van der Waals surface area contributed by atoms with Crippen molar-refractivity contribution in [3.8, 4) is 0 Å². The molecule has 122 valence electrons. The first kappa shape index (κ1) is 20.1. The molecular formula is C13H16ClF6N. The number of nitrogens with two attached hydrogens (primary N) is 1. The zero-order chi connectivity index (χ0) is 15.7. The molecule has 0 aliphatic rings. The largest absolute Gasteiger partial charge is 0.416 e. The van der Waals surface area contributed by atoms with E-state index < -0.39 is 29.5 Å². The minimum absolute atomic E-state index is 0. The van der Waals surface area contributed by atoms with E-state index in [1.165, 1.54) is 0 Å². The molecule has 1 nitrogen and oxygen atoms in total. The van der Waals surface area contributed by atoms with Crippen molar-refractivity contribution in [2.24, 2.45) is 11.7 Å². The third kappa shape index (κ3) is 5.07. The summed E-state index contributed by atoms with van der Waals surface area (Å²) >= 11 is 0. The Balaban J connectivity index is 0.00000400. The Bertz CT molecular complexity index is 436. The lowest BCUT2D eigenvalue weighted by molar-refractivity contribution is -0.143. The normalized spacial score (nSPS) is 15.3. The van der Waals surface area contributed by atoms with Gasteiger partial charge in [0.25, 0.3) is 0 Å². The number of halogens is 7. The van der Waals surface area contributed by atoms with E-state index in [0.717, 1.165) is 0 Å². The molecule has 21 heavy (non-hydrogen) atoms. The molecule has 8 heteroatoms. The molecule has 1 aromatic rings. The highest BCUT2D eigenvalue weighted by atomic mass is 35.5. The molecule has 1 aromatic carbocycles. The summed E-state index contributed by atoms with van der Waals surface area (Å²) in [5.41, 5.74) is 2.92. The van der Waals surface area contributed by atoms with Gasteiger partial charge in [-0.05, 0) is 29.7 Å². The minimum atomic E-state index is -4.84. The number of benzene rings is 1. The molecule has 0 radical (unpaired) electrons. The van der Waals surface area contributed by atoms with Crippen LogP contribution in [0.3, 0.4) is 0 Å². The van der Waals surface area contributed by atoms with Crippen LogP contribution in [0.5, 0.6) is 0 Å². The van der Waals surface area contributed by atoms with Gasteiger partial charge < -0.3 is 5.73 Å². The fraction of sp³-hybridized carbons (Fsp3) is 0.538. The smallest absolute Gasteiger partial charge is 0.324 e. The van der Waals surface area contributed by atoms with E-state index in [4.69, 9.17) is 5.73 Å². The summed E-state index contributed by atoms with van der Waals surface area (Å²) in [6, 6.07) is 0.605. The van der Waals surface area contributed by atoms with E-state index in [2.05, 4.69) is 0 Å². The van der Waals surface area contributed by atoms with E-state index in [1.54, 1.807) is 13.8 Å². The lowest BCUT2D eigenvalue weighted by Gasteiger charge is -2.21. The molecule has 2 N–H and O–H groups in total. The molecule has 0 saturated carbocycles. The van der Waals surface area contributed by atoms with Crippen LogP contribution in [0.4, 0.5) is 26.3 Å². The van der Waals surface area contributed by atoms with E-state index in [-0.39, 0.29) is 30.0 Å². The molecule has 1 unspecified atom stereocenters. The second kappa shape index (κ2) is 6.87. The molecule has 0 amide bonds. The number of rotatable bonds is 3. The molecule has 0 bridgehead atoms. The zero-order valence-electron chi connectivity index (χ0n) is 11.3. The summed E-state index contributed by atoms with van der Waals surface area (Å²) in [6.07, 6.45) is -9.13. The molecule has 0 saturated heterocycles. The third-order valence-electron chi connectivity index (χ3n) is 3.25. The second-order valence-electron chi connectivity index (χ2n) is 4.75. The Morgan fingerprint density at radius 1 is 0.952 bits per heavy atom. The van der Waals surface area contributed by atoms with Gasteiger partial charge in [0.1, 0.15) is 0 Å². The van der Waals surface area contributed by atoms with Crippen molar-refractivity contribution >= 4 is 12.4 Å². The van der Waals surface area contributed by atoms with Crippen molar-refractivity contribution in [3.05, 3.63) is 34.9 Å². The van der Waals surface area contributed by atoms with Crippen molar-refractivity contribution < 1.29 is 26.3 Å². The van der Waals surface area contributed by atoms with Crippen LogP contribution in [-0.4, -0.2) is 0 Å². The van der Waals surface area contributed by atoms with Crippen LogP contribution in [0.2, 0.25) is 0 Å². The quantitative estimate of drug-likeness (QED) is 0.756. The lowest BCUT2D eigenvalue weighted by atomic mass is 9.91. The summed E-state index contributed by atoms with van der Waals surface area (Å²) in [4.78, 5) is 0. The van der Waals surface area contributed by atoms with Gasteiger partial charge in [-0.15, -0.1) is 12.4 Å². The summed E-state index contributed by atoms with van der Waals surface area (Å²) in [7, 11) is 0. The van der Waals surface area contributed by atoms with Crippen LogP contribution in [0.15, 0.2) is 18.2 Å². The van der Waals surface area contributed by atoms with Crippen molar-refractivity contribution in [1.82, 2.24) is 0 Å². The minimum Gasteiger partial charge on any atom is -0.324 e. The first-order chi connectivity index (χ1) is 8.96. The highest BCUT2D eigenvalue weighted by Crippen LogP contribution is 2.38. The average molecular weight is 336 g/mol. The van der Waals surface area contributed by atoms with Gasteiger partial charge in [0, 0.05) is 6.04 Å². The summed E-state index contributed by atoms with van der Waals surface area (Å²) < 4.78 is 76.0. The predicted molar refractivity (Wildman–Crippen MR) is 70.1 cm³/mol. The number of hydrogen-bond donors (Lipinski definition) is 1. The number of hydrogen-bond acceptors (Lipinski definition) is 1. The molecule has 0 aromatic heterocycles. The number of alkyl halides is 6. The van der Waals surface area contributed by atoms with E-state index in [1.807, 2.05) is 0 Å².